The third kappa shape index (κ3) is 3.82. The molecule has 1 aromatic rings. The third-order valence-corrected chi connectivity index (χ3v) is 3.21. The van der Waals surface area contributed by atoms with Crippen molar-refractivity contribution in [1.82, 2.24) is 9.78 Å². The van der Waals surface area contributed by atoms with E-state index in [1.807, 2.05) is 19.4 Å². The number of rotatable bonds is 6. The summed E-state index contributed by atoms with van der Waals surface area (Å²) in [5.41, 5.74) is 7.21. The van der Waals surface area contributed by atoms with Gasteiger partial charge in [0.2, 0.25) is 0 Å². The van der Waals surface area contributed by atoms with E-state index in [2.05, 4.69) is 32.8 Å². The van der Waals surface area contributed by atoms with Crippen LogP contribution < -0.4 is 5.73 Å². The van der Waals surface area contributed by atoms with Crippen LogP contribution in [0.1, 0.15) is 45.8 Å². The molecule has 3 unspecified atom stereocenters. The Morgan fingerprint density at radius 3 is 2.47 bits per heavy atom. The average molecular weight is 239 g/mol. The lowest BCUT2D eigenvalue weighted by atomic mass is 10.0. The molecule has 4 nitrogen and oxygen atoms in total. The first-order valence-electron chi connectivity index (χ1n) is 6.35. The van der Waals surface area contributed by atoms with Gasteiger partial charge >= 0.3 is 0 Å². The number of hydrogen-bond acceptors (Lipinski definition) is 3. The molecule has 0 aliphatic rings. The first-order valence-corrected chi connectivity index (χ1v) is 6.35. The molecular formula is C13H25N3O. The number of nitrogens with zero attached hydrogens (tertiary/aromatic N) is 2. The lowest BCUT2D eigenvalue weighted by Crippen LogP contribution is -2.33. The predicted molar refractivity (Wildman–Crippen MR) is 69.6 cm³/mol. The summed E-state index contributed by atoms with van der Waals surface area (Å²) in [5.74, 6) is 0.484. The van der Waals surface area contributed by atoms with Crippen molar-refractivity contribution < 1.29 is 4.74 Å². The molecular weight excluding hydrogens is 214 g/mol. The largest absolute Gasteiger partial charge is 0.369 e. The van der Waals surface area contributed by atoms with E-state index in [9.17, 15) is 0 Å². The van der Waals surface area contributed by atoms with Crippen molar-refractivity contribution in [2.45, 2.75) is 52.4 Å². The van der Waals surface area contributed by atoms with Crippen molar-refractivity contribution in [2.75, 3.05) is 0 Å². The molecule has 0 aliphatic carbocycles. The smallest absolute Gasteiger partial charge is 0.101 e. The fourth-order valence-electron chi connectivity index (χ4n) is 1.62. The Morgan fingerprint density at radius 2 is 2.06 bits per heavy atom. The maximum atomic E-state index is 6.14. The molecule has 1 rings (SSSR count). The van der Waals surface area contributed by atoms with E-state index >= 15 is 0 Å². The summed E-state index contributed by atoms with van der Waals surface area (Å²) in [4.78, 5) is 0. The molecule has 0 spiro atoms. The van der Waals surface area contributed by atoms with Crippen LogP contribution in [0.4, 0.5) is 0 Å². The van der Waals surface area contributed by atoms with Crippen molar-refractivity contribution in [2.24, 2.45) is 18.7 Å². The summed E-state index contributed by atoms with van der Waals surface area (Å²) in [6.45, 7) is 8.48. The summed E-state index contributed by atoms with van der Waals surface area (Å²) < 4.78 is 7.87. The van der Waals surface area contributed by atoms with Crippen LogP contribution in [0, 0.1) is 5.92 Å². The lowest BCUT2D eigenvalue weighted by molar-refractivity contribution is -0.0395. The van der Waals surface area contributed by atoms with Gasteiger partial charge < -0.3 is 10.5 Å². The molecule has 0 aliphatic heterocycles. The summed E-state index contributed by atoms with van der Waals surface area (Å²) in [7, 11) is 1.91. The van der Waals surface area contributed by atoms with Crippen LogP contribution in [-0.4, -0.2) is 21.9 Å². The van der Waals surface area contributed by atoms with Gasteiger partial charge in [0.05, 0.1) is 12.3 Å². The second-order valence-electron chi connectivity index (χ2n) is 5.03. The lowest BCUT2D eigenvalue weighted by Gasteiger charge is -2.28. The highest BCUT2D eigenvalue weighted by atomic mass is 16.5. The molecule has 0 radical (unpaired) electrons. The normalized spacial score (nSPS) is 17.1. The van der Waals surface area contributed by atoms with E-state index in [4.69, 9.17) is 10.5 Å². The highest BCUT2D eigenvalue weighted by Gasteiger charge is 2.24. The Labute approximate surface area is 104 Å². The van der Waals surface area contributed by atoms with Crippen LogP contribution >= 0.6 is 0 Å². The van der Waals surface area contributed by atoms with Gasteiger partial charge in [-0.15, -0.1) is 0 Å². The third-order valence-electron chi connectivity index (χ3n) is 3.21. The topological polar surface area (TPSA) is 53.1 Å². The van der Waals surface area contributed by atoms with E-state index in [0.29, 0.717) is 5.92 Å². The van der Waals surface area contributed by atoms with E-state index in [0.717, 1.165) is 12.0 Å². The molecule has 1 heterocycles. The zero-order chi connectivity index (χ0) is 13.0. The summed E-state index contributed by atoms with van der Waals surface area (Å²) in [6, 6.07) is 0.0143. The molecule has 0 amide bonds. The number of aryl methyl sites for hydroxylation is 1. The minimum Gasteiger partial charge on any atom is -0.369 e. The van der Waals surface area contributed by atoms with Gasteiger partial charge in [0.1, 0.15) is 6.10 Å². The highest BCUT2D eigenvalue weighted by Crippen LogP contribution is 2.25. The van der Waals surface area contributed by atoms with Gasteiger partial charge in [-0.25, -0.2) is 0 Å². The van der Waals surface area contributed by atoms with Crippen molar-refractivity contribution >= 4 is 0 Å². The van der Waals surface area contributed by atoms with Crippen molar-refractivity contribution in [3.05, 3.63) is 18.0 Å². The second kappa shape index (κ2) is 6.17. The summed E-state index contributed by atoms with van der Waals surface area (Å²) >= 11 is 0. The van der Waals surface area contributed by atoms with Crippen molar-refractivity contribution in [3.63, 3.8) is 0 Å². The first kappa shape index (κ1) is 14.2. The van der Waals surface area contributed by atoms with Gasteiger partial charge in [-0.05, 0) is 19.3 Å². The first-order chi connectivity index (χ1) is 7.95. The second-order valence-corrected chi connectivity index (χ2v) is 5.03. The summed E-state index contributed by atoms with van der Waals surface area (Å²) in [5, 5.41) is 4.19. The maximum Gasteiger partial charge on any atom is 0.101 e. The molecule has 0 saturated heterocycles. The Bertz CT molecular complexity index is 335. The minimum absolute atomic E-state index is 0.0143. The zero-order valence-corrected chi connectivity index (χ0v) is 11.6. The molecule has 0 aromatic carbocycles. The molecule has 98 valence electrons. The van der Waals surface area contributed by atoms with Crippen LogP contribution in [0.3, 0.4) is 0 Å². The number of aromatic nitrogens is 2. The Balaban J connectivity index is 2.81. The standard InChI is InChI=1S/C13H25N3O/c1-6-12(14)13(17-10(4)9(2)3)11-7-15-16(5)8-11/h7-10,12-13H,6,14H2,1-5H3. The quantitative estimate of drug-likeness (QED) is 0.828. The van der Waals surface area contributed by atoms with E-state index in [-0.39, 0.29) is 18.2 Å². The molecule has 0 saturated carbocycles. The molecule has 17 heavy (non-hydrogen) atoms. The Morgan fingerprint density at radius 1 is 1.41 bits per heavy atom. The molecule has 2 N–H and O–H groups in total. The van der Waals surface area contributed by atoms with Crippen LogP contribution in [-0.2, 0) is 11.8 Å². The molecule has 0 fully saturated rings. The Kier molecular flexibility index (Phi) is 5.15. The zero-order valence-electron chi connectivity index (χ0n) is 11.6. The van der Waals surface area contributed by atoms with Crippen molar-refractivity contribution in [1.29, 1.82) is 0 Å². The summed E-state index contributed by atoms with van der Waals surface area (Å²) in [6.07, 6.45) is 4.84. The van der Waals surface area contributed by atoms with Crippen LogP contribution in [0.25, 0.3) is 0 Å². The number of hydrogen-bond donors (Lipinski definition) is 1. The van der Waals surface area contributed by atoms with Gasteiger partial charge in [-0.3, -0.25) is 4.68 Å². The average Bonchev–Trinajstić information content (AvgIpc) is 2.70. The van der Waals surface area contributed by atoms with Crippen molar-refractivity contribution in [3.8, 4) is 0 Å². The highest BCUT2D eigenvalue weighted by molar-refractivity contribution is 5.10. The van der Waals surface area contributed by atoms with Gasteiger partial charge in [-0.2, -0.15) is 5.10 Å². The van der Waals surface area contributed by atoms with E-state index in [1.54, 1.807) is 4.68 Å². The van der Waals surface area contributed by atoms with Crippen LogP contribution in [0.2, 0.25) is 0 Å². The van der Waals surface area contributed by atoms with Crippen LogP contribution in [0.15, 0.2) is 12.4 Å². The monoisotopic (exact) mass is 239 g/mol. The maximum absolute atomic E-state index is 6.14. The molecule has 4 heteroatoms. The van der Waals surface area contributed by atoms with E-state index < -0.39 is 0 Å². The fraction of sp³-hybridized carbons (Fsp3) is 0.769. The molecule has 3 atom stereocenters. The Hall–Kier alpha value is -0.870. The SMILES string of the molecule is CCC(N)C(OC(C)C(C)C)c1cnn(C)c1. The van der Waals surface area contributed by atoms with Crippen LogP contribution in [0.5, 0.6) is 0 Å². The molecule has 1 aromatic heterocycles. The van der Waals surface area contributed by atoms with Gasteiger partial charge in [0.15, 0.2) is 0 Å². The van der Waals surface area contributed by atoms with Gasteiger partial charge in [0, 0.05) is 24.8 Å². The van der Waals surface area contributed by atoms with Gasteiger partial charge in [0.25, 0.3) is 0 Å². The van der Waals surface area contributed by atoms with E-state index in [1.165, 1.54) is 0 Å². The van der Waals surface area contributed by atoms with Gasteiger partial charge in [-0.1, -0.05) is 20.8 Å². The fourth-order valence-corrected chi connectivity index (χ4v) is 1.62. The molecule has 0 bridgehead atoms. The minimum atomic E-state index is -0.0638. The number of ether oxygens (including phenoxy) is 1. The number of nitrogens with two attached hydrogens (primary N) is 1. The predicted octanol–water partition coefficient (Wildman–Crippen LogP) is 2.26.